The van der Waals surface area contributed by atoms with Gasteiger partial charge in [0.15, 0.2) is 0 Å². The van der Waals surface area contributed by atoms with E-state index in [1.807, 2.05) is 24.1 Å². The lowest BCUT2D eigenvalue weighted by atomic mass is 10.1. The number of carboxylic acid groups (broad SMARTS) is 1. The number of nitriles is 1. The molecule has 2 rings (SSSR count). The highest BCUT2D eigenvalue weighted by Crippen LogP contribution is 2.25. The Labute approximate surface area is 131 Å². The van der Waals surface area contributed by atoms with Crippen LogP contribution < -0.4 is 4.90 Å². The van der Waals surface area contributed by atoms with Gasteiger partial charge in [-0.25, -0.2) is 4.79 Å². The average Bonchev–Trinajstić information content (AvgIpc) is 2.47. The zero-order valence-electron chi connectivity index (χ0n) is 11.4. The lowest BCUT2D eigenvalue weighted by Gasteiger charge is -2.21. The third-order valence-electron chi connectivity index (χ3n) is 3.11. The Hall–Kier alpha value is -2.32. The molecule has 5 heteroatoms. The molecule has 106 valence electrons. The number of carboxylic acids is 1. The fourth-order valence-corrected chi connectivity index (χ4v) is 2.38. The highest BCUT2D eigenvalue weighted by atomic mass is 79.9. The van der Waals surface area contributed by atoms with Crippen LogP contribution in [0.2, 0.25) is 0 Å². The summed E-state index contributed by atoms with van der Waals surface area (Å²) < 4.78 is 0.907. The van der Waals surface area contributed by atoms with Gasteiger partial charge < -0.3 is 10.0 Å². The number of anilines is 1. The fraction of sp³-hybridized carbons (Fsp3) is 0.125. The monoisotopic (exact) mass is 344 g/mol. The SMILES string of the molecule is CN(Cc1ccc(C(=O)O)cc1)c1cc(Br)ccc1C#N. The Kier molecular flexibility index (Phi) is 4.61. The van der Waals surface area contributed by atoms with E-state index in [-0.39, 0.29) is 5.56 Å². The van der Waals surface area contributed by atoms with Crippen LogP contribution in [0.1, 0.15) is 21.5 Å². The van der Waals surface area contributed by atoms with Crippen LogP contribution in [0.3, 0.4) is 0 Å². The van der Waals surface area contributed by atoms with Crippen molar-refractivity contribution in [3.8, 4) is 6.07 Å². The summed E-state index contributed by atoms with van der Waals surface area (Å²) in [5.74, 6) is -0.936. The number of hydrogen-bond donors (Lipinski definition) is 1. The van der Waals surface area contributed by atoms with E-state index in [1.165, 1.54) is 0 Å². The summed E-state index contributed by atoms with van der Waals surface area (Å²) in [6, 6.07) is 14.4. The van der Waals surface area contributed by atoms with Crippen molar-refractivity contribution in [2.75, 3.05) is 11.9 Å². The number of aromatic carboxylic acids is 1. The lowest BCUT2D eigenvalue weighted by Crippen LogP contribution is -2.17. The minimum absolute atomic E-state index is 0.265. The van der Waals surface area contributed by atoms with Gasteiger partial charge in [-0.1, -0.05) is 28.1 Å². The molecule has 0 atom stereocenters. The Morgan fingerprint density at radius 1 is 1.29 bits per heavy atom. The van der Waals surface area contributed by atoms with Crippen molar-refractivity contribution in [3.05, 3.63) is 63.6 Å². The van der Waals surface area contributed by atoms with E-state index in [4.69, 9.17) is 10.4 Å². The normalized spacial score (nSPS) is 9.95. The molecule has 0 spiro atoms. The maximum atomic E-state index is 10.8. The van der Waals surface area contributed by atoms with Crippen LogP contribution in [0.4, 0.5) is 5.69 Å². The Bertz CT molecular complexity index is 705. The molecule has 0 fully saturated rings. The Morgan fingerprint density at radius 3 is 2.52 bits per heavy atom. The van der Waals surface area contributed by atoms with E-state index in [2.05, 4.69) is 22.0 Å². The Morgan fingerprint density at radius 2 is 1.95 bits per heavy atom. The zero-order valence-corrected chi connectivity index (χ0v) is 13.0. The first-order valence-electron chi connectivity index (χ1n) is 6.24. The van der Waals surface area contributed by atoms with Gasteiger partial charge in [-0.05, 0) is 35.9 Å². The topological polar surface area (TPSA) is 64.3 Å². The highest BCUT2D eigenvalue weighted by molar-refractivity contribution is 9.10. The maximum Gasteiger partial charge on any atom is 0.335 e. The predicted molar refractivity (Wildman–Crippen MR) is 84.4 cm³/mol. The summed E-state index contributed by atoms with van der Waals surface area (Å²) in [6.07, 6.45) is 0. The summed E-state index contributed by atoms with van der Waals surface area (Å²) in [4.78, 5) is 12.8. The number of nitrogens with zero attached hydrogens (tertiary/aromatic N) is 2. The molecule has 0 aliphatic heterocycles. The highest BCUT2D eigenvalue weighted by Gasteiger charge is 2.09. The van der Waals surface area contributed by atoms with Crippen LogP contribution in [-0.2, 0) is 6.54 Å². The summed E-state index contributed by atoms with van der Waals surface area (Å²) in [7, 11) is 1.90. The van der Waals surface area contributed by atoms with Gasteiger partial charge in [0.25, 0.3) is 0 Å². The Balaban J connectivity index is 2.22. The molecule has 0 aliphatic carbocycles. The minimum Gasteiger partial charge on any atom is -0.478 e. The van der Waals surface area contributed by atoms with Gasteiger partial charge in [-0.2, -0.15) is 5.26 Å². The lowest BCUT2D eigenvalue weighted by molar-refractivity contribution is 0.0697. The molecule has 4 nitrogen and oxygen atoms in total. The van der Waals surface area contributed by atoms with Crippen LogP contribution in [0.5, 0.6) is 0 Å². The quantitative estimate of drug-likeness (QED) is 0.919. The molecular formula is C16H13BrN2O2. The molecule has 0 saturated heterocycles. The van der Waals surface area contributed by atoms with Crippen molar-refractivity contribution in [3.63, 3.8) is 0 Å². The first-order chi connectivity index (χ1) is 10.0. The van der Waals surface area contributed by atoms with E-state index < -0.39 is 5.97 Å². The average molecular weight is 345 g/mol. The number of rotatable bonds is 4. The van der Waals surface area contributed by atoms with Gasteiger partial charge >= 0.3 is 5.97 Å². The first-order valence-corrected chi connectivity index (χ1v) is 7.03. The smallest absolute Gasteiger partial charge is 0.335 e. The van der Waals surface area contributed by atoms with Crippen LogP contribution in [-0.4, -0.2) is 18.1 Å². The molecule has 0 heterocycles. The summed E-state index contributed by atoms with van der Waals surface area (Å²) in [5, 5.41) is 18.0. The van der Waals surface area contributed by atoms with Gasteiger partial charge in [0.05, 0.1) is 16.8 Å². The van der Waals surface area contributed by atoms with Crippen molar-refractivity contribution in [2.24, 2.45) is 0 Å². The second-order valence-electron chi connectivity index (χ2n) is 4.63. The van der Waals surface area contributed by atoms with Crippen molar-refractivity contribution in [1.82, 2.24) is 0 Å². The van der Waals surface area contributed by atoms with Crippen molar-refractivity contribution >= 4 is 27.6 Å². The second-order valence-corrected chi connectivity index (χ2v) is 5.55. The molecule has 0 radical (unpaired) electrons. The van der Waals surface area contributed by atoms with Crippen molar-refractivity contribution in [2.45, 2.75) is 6.54 Å². The number of carbonyl (C=O) groups is 1. The fourth-order valence-electron chi connectivity index (χ4n) is 2.03. The third-order valence-corrected chi connectivity index (χ3v) is 3.61. The van der Waals surface area contributed by atoms with Gasteiger partial charge in [0, 0.05) is 18.1 Å². The summed E-state index contributed by atoms with van der Waals surface area (Å²) in [6.45, 7) is 0.588. The zero-order chi connectivity index (χ0) is 15.4. The number of benzene rings is 2. The molecule has 1 N–H and O–H groups in total. The van der Waals surface area contributed by atoms with Crippen LogP contribution >= 0.6 is 15.9 Å². The number of hydrogen-bond acceptors (Lipinski definition) is 3. The van der Waals surface area contributed by atoms with Gasteiger partial charge in [0.1, 0.15) is 6.07 Å². The van der Waals surface area contributed by atoms with Crippen LogP contribution in [0.25, 0.3) is 0 Å². The van der Waals surface area contributed by atoms with E-state index >= 15 is 0 Å². The largest absolute Gasteiger partial charge is 0.478 e. The van der Waals surface area contributed by atoms with Crippen molar-refractivity contribution < 1.29 is 9.90 Å². The third kappa shape index (κ3) is 3.61. The molecule has 0 unspecified atom stereocenters. The summed E-state index contributed by atoms with van der Waals surface area (Å²) >= 11 is 3.40. The van der Waals surface area contributed by atoms with E-state index in [0.29, 0.717) is 12.1 Å². The predicted octanol–water partition coefficient (Wildman–Crippen LogP) is 3.66. The van der Waals surface area contributed by atoms with E-state index in [1.54, 1.807) is 30.3 Å². The number of halogens is 1. The standard InChI is InChI=1S/C16H13BrN2O2/c1-19(15-8-14(17)7-6-13(15)9-18)10-11-2-4-12(5-3-11)16(20)21/h2-8H,10H2,1H3,(H,20,21). The summed E-state index contributed by atoms with van der Waals surface area (Å²) in [5.41, 5.74) is 2.67. The molecule has 2 aromatic carbocycles. The van der Waals surface area contributed by atoms with Gasteiger partial charge in [0.2, 0.25) is 0 Å². The van der Waals surface area contributed by atoms with Gasteiger partial charge in [-0.15, -0.1) is 0 Å². The first kappa shape index (κ1) is 15.1. The molecule has 2 aromatic rings. The molecule has 0 amide bonds. The molecule has 0 aromatic heterocycles. The molecule has 21 heavy (non-hydrogen) atoms. The second kappa shape index (κ2) is 6.42. The maximum absolute atomic E-state index is 10.8. The van der Waals surface area contributed by atoms with Crippen LogP contribution in [0.15, 0.2) is 46.9 Å². The molecular weight excluding hydrogens is 332 g/mol. The molecule has 0 saturated carbocycles. The molecule has 0 bridgehead atoms. The minimum atomic E-state index is -0.936. The van der Waals surface area contributed by atoms with E-state index in [0.717, 1.165) is 15.7 Å². The van der Waals surface area contributed by atoms with Gasteiger partial charge in [-0.3, -0.25) is 0 Å². The molecule has 0 aliphatic rings. The van der Waals surface area contributed by atoms with Crippen molar-refractivity contribution in [1.29, 1.82) is 5.26 Å². The van der Waals surface area contributed by atoms with E-state index in [9.17, 15) is 4.79 Å². The van der Waals surface area contributed by atoms with Crippen LogP contribution in [0, 0.1) is 11.3 Å².